The molecule has 0 unspecified atom stereocenters. The van der Waals surface area contributed by atoms with Crippen molar-refractivity contribution >= 4 is 27.8 Å². The van der Waals surface area contributed by atoms with Crippen molar-refractivity contribution in [3.05, 3.63) is 28.5 Å². The number of pyridine rings is 1. The Hall–Kier alpha value is -1.47. The normalized spacial score (nSPS) is 16.4. The SMILES string of the molecule is O=C(O)CN1CCN(C(=O)c2ncccc2Br)CC1. The lowest BCUT2D eigenvalue weighted by molar-refractivity contribution is -0.138. The molecule has 1 amide bonds. The highest BCUT2D eigenvalue weighted by molar-refractivity contribution is 9.10. The van der Waals surface area contributed by atoms with Crippen LogP contribution in [0.2, 0.25) is 0 Å². The van der Waals surface area contributed by atoms with Crippen LogP contribution in [0, 0.1) is 0 Å². The fourth-order valence-corrected chi connectivity index (χ4v) is 2.42. The van der Waals surface area contributed by atoms with Crippen molar-refractivity contribution in [2.75, 3.05) is 32.7 Å². The molecule has 0 bridgehead atoms. The van der Waals surface area contributed by atoms with Crippen molar-refractivity contribution in [2.45, 2.75) is 0 Å². The average molecular weight is 328 g/mol. The molecule has 0 aliphatic carbocycles. The average Bonchev–Trinajstić information content (AvgIpc) is 2.39. The molecule has 1 aliphatic rings. The molecule has 1 aliphatic heterocycles. The van der Waals surface area contributed by atoms with E-state index in [2.05, 4.69) is 20.9 Å². The van der Waals surface area contributed by atoms with Gasteiger partial charge in [-0.2, -0.15) is 0 Å². The number of aromatic nitrogens is 1. The van der Waals surface area contributed by atoms with Gasteiger partial charge in [-0.05, 0) is 28.1 Å². The number of carboxylic acid groups (broad SMARTS) is 1. The second-order valence-electron chi connectivity index (χ2n) is 4.30. The highest BCUT2D eigenvalue weighted by Crippen LogP contribution is 2.16. The zero-order valence-electron chi connectivity index (χ0n) is 10.3. The van der Waals surface area contributed by atoms with Gasteiger partial charge in [-0.25, -0.2) is 4.98 Å². The van der Waals surface area contributed by atoms with E-state index >= 15 is 0 Å². The fraction of sp³-hybridized carbons (Fsp3) is 0.417. The van der Waals surface area contributed by atoms with Crippen molar-refractivity contribution in [3.8, 4) is 0 Å². The van der Waals surface area contributed by atoms with Crippen molar-refractivity contribution in [1.82, 2.24) is 14.8 Å². The van der Waals surface area contributed by atoms with Crippen molar-refractivity contribution in [2.24, 2.45) is 0 Å². The molecule has 7 heteroatoms. The quantitative estimate of drug-likeness (QED) is 0.884. The Labute approximate surface area is 119 Å². The summed E-state index contributed by atoms with van der Waals surface area (Å²) in [5, 5.41) is 8.72. The van der Waals surface area contributed by atoms with Gasteiger partial charge in [0.15, 0.2) is 0 Å². The van der Waals surface area contributed by atoms with Crippen LogP contribution < -0.4 is 0 Å². The van der Waals surface area contributed by atoms with E-state index in [4.69, 9.17) is 5.11 Å². The molecule has 0 aromatic carbocycles. The van der Waals surface area contributed by atoms with Crippen molar-refractivity contribution in [3.63, 3.8) is 0 Å². The minimum absolute atomic E-state index is 0.0231. The maximum atomic E-state index is 12.2. The standard InChI is InChI=1S/C12H14BrN3O3/c13-9-2-1-3-14-11(9)12(19)16-6-4-15(5-7-16)8-10(17)18/h1-3H,4-8H2,(H,17,18). The van der Waals surface area contributed by atoms with Gasteiger partial charge in [-0.15, -0.1) is 0 Å². The molecule has 0 spiro atoms. The first kappa shape index (κ1) is 14.0. The molecular weight excluding hydrogens is 314 g/mol. The summed E-state index contributed by atoms with van der Waals surface area (Å²) in [6.07, 6.45) is 1.58. The van der Waals surface area contributed by atoms with Crippen molar-refractivity contribution < 1.29 is 14.7 Å². The van der Waals surface area contributed by atoms with Gasteiger partial charge in [0.25, 0.3) is 5.91 Å². The summed E-state index contributed by atoms with van der Waals surface area (Å²) in [4.78, 5) is 30.5. The number of carbonyl (C=O) groups excluding carboxylic acids is 1. The first-order chi connectivity index (χ1) is 9.08. The number of amides is 1. The Morgan fingerprint density at radius 3 is 2.58 bits per heavy atom. The van der Waals surface area contributed by atoms with Crippen LogP contribution in [0.4, 0.5) is 0 Å². The van der Waals surface area contributed by atoms with Gasteiger partial charge in [0.1, 0.15) is 5.69 Å². The number of rotatable bonds is 3. The maximum Gasteiger partial charge on any atom is 0.317 e. The lowest BCUT2D eigenvalue weighted by Crippen LogP contribution is -2.50. The first-order valence-corrected chi connectivity index (χ1v) is 6.71. The van der Waals surface area contributed by atoms with E-state index < -0.39 is 5.97 Å². The second kappa shape index (κ2) is 6.12. The van der Waals surface area contributed by atoms with E-state index in [0.29, 0.717) is 36.3 Å². The number of piperazine rings is 1. The monoisotopic (exact) mass is 327 g/mol. The van der Waals surface area contributed by atoms with E-state index in [9.17, 15) is 9.59 Å². The van der Waals surface area contributed by atoms with Crippen LogP contribution >= 0.6 is 15.9 Å². The molecule has 1 aromatic rings. The molecule has 1 fully saturated rings. The zero-order valence-corrected chi connectivity index (χ0v) is 11.8. The summed E-state index contributed by atoms with van der Waals surface area (Å²) in [6, 6.07) is 3.53. The molecule has 2 rings (SSSR count). The highest BCUT2D eigenvalue weighted by atomic mass is 79.9. The topological polar surface area (TPSA) is 73.7 Å². The van der Waals surface area contributed by atoms with Gasteiger partial charge >= 0.3 is 5.97 Å². The summed E-state index contributed by atoms with van der Waals surface area (Å²) in [5.74, 6) is -0.963. The fourth-order valence-electron chi connectivity index (χ4n) is 1.99. The summed E-state index contributed by atoms with van der Waals surface area (Å²) in [7, 11) is 0. The molecule has 6 nitrogen and oxygen atoms in total. The van der Waals surface area contributed by atoms with E-state index in [1.165, 1.54) is 0 Å². The van der Waals surface area contributed by atoms with Gasteiger partial charge in [-0.3, -0.25) is 14.5 Å². The number of carbonyl (C=O) groups is 2. The summed E-state index contributed by atoms with van der Waals surface area (Å²) < 4.78 is 0.674. The van der Waals surface area contributed by atoms with Gasteiger partial charge < -0.3 is 10.0 Å². The van der Waals surface area contributed by atoms with Gasteiger partial charge in [0.05, 0.1) is 6.54 Å². The molecule has 1 saturated heterocycles. The van der Waals surface area contributed by atoms with Gasteiger partial charge in [-0.1, -0.05) is 0 Å². The Kier molecular flexibility index (Phi) is 4.49. The van der Waals surface area contributed by atoms with Crippen LogP contribution in [0.1, 0.15) is 10.5 Å². The molecule has 1 aromatic heterocycles. The number of nitrogens with zero attached hydrogens (tertiary/aromatic N) is 3. The number of aliphatic carboxylic acids is 1. The third kappa shape index (κ3) is 3.51. The van der Waals surface area contributed by atoms with E-state index in [1.807, 2.05) is 4.90 Å². The first-order valence-electron chi connectivity index (χ1n) is 5.92. The third-order valence-electron chi connectivity index (χ3n) is 2.98. The van der Waals surface area contributed by atoms with E-state index in [0.717, 1.165) is 0 Å². The van der Waals surface area contributed by atoms with Gasteiger partial charge in [0, 0.05) is 36.8 Å². The minimum atomic E-state index is -0.841. The second-order valence-corrected chi connectivity index (χ2v) is 5.15. The number of carboxylic acids is 1. The van der Waals surface area contributed by atoms with Crippen molar-refractivity contribution in [1.29, 1.82) is 0 Å². The molecule has 0 saturated carbocycles. The summed E-state index contributed by atoms with van der Waals surface area (Å²) in [5.41, 5.74) is 0.397. The van der Waals surface area contributed by atoms with Crippen LogP contribution in [0.5, 0.6) is 0 Å². The number of hydrogen-bond donors (Lipinski definition) is 1. The molecule has 2 heterocycles. The zero-order chi connectivity index (χ0) is 13.8. The third-order valence-corrected chi connectivity index (χ3v) is 3.62. The lowest BCUT2D eigenvalue weighted by atomic mass is 10.2. The predicted molar refractivity (Wildman–Crippen MR) is 71.9 cm³/mol. The molecule has 0 atom stereocenters. The Morgan fingerprint density at radius 1 is 1.32 bits per heavy atom. The minimum Gasteiger partial charge on any atom is -0.480 e. The molecular formula is C12H14BrN3O3. The molecule has 102 valence electrons. The molecule has 1 N–H and O–H groups in total. The van der Waals surface area contributed by atoms with Crippen LogP contribution in [0.15, 0.2) is 22.8 Å². The van der Waals surface area contributed by atoms with Crippen LogP contribution in [-0.4, -0.2) is 64.5 Å². The largest absolute Gasteiger partial charge is 0.480 e. The van der Waals surface area contributed by atoms with E-state index in [-0.39, 0.29) is 12.5 Å². The molecule has 0 radical (unpaired) electrons. The van der Waals surface area contributed by atoms with Crippen LogP contribution in [-0.2, 0) is 4.79 Å². The lowest BCUT2D eigenvalue weighted by Gasteiger charge is -2.33. The maximum absolute atomic E-state index is 12.2. The number of hydrogen-bond acceptors (Lipinski definition) is 4. The Morgan fingerprint density at radius 2 is 2.00 bits per heavy atom. The smallest absolute Gasteiger partial charge is 0.317 e. The predicted octanol–water partition coefficient (Wildman–Crippen LogP) is 0.687. The number of halogens is 1. The summed E-state index contributed by atoms with van der Waals surface area (Å²) in [6.45, 7) is 2.21. The van der Waals surface area contributed by atoms with Crippen LogP contribution in [0.3, 0.4) is 0 Å². The Bertz CT molecular complexity index is 487. The molecule has 19 heavy (non-hydrogen) atoms. The van der Waals surface area contributed by atoms with Gasteiger partial charge in [0.2, 0.25) is 0 Å². The Balaban J connectivity index is 1.96. The van der Waals surface area contributed by atoms with Crippen LogP contribution in [0.25, 0.3) is 0 Å². The van der Waals surface area contributed by atoms with E-state index in [1.54, 1.807) is 23.2 Å². The summed E-state index contributed by atoms with van der Waals surface area (Å²) >= 11 is 3.31. The highest BCUT2D eigenvalue weighted by Gasteiger charge is 2.24.